The van der Waals surface area contributed by atoms with Gasteiger partial charge in [-0.3, -0.25) is 4.79 Å². The van der Waals surface area contributed by atoms with Crippen molar-refractivity contribution < 1.29 is 4.79 Å². The highest BCUT2D eigenvalue weighted by atomic mass is 16.1. The van der Waals surface area contributed by atoms with Crippen molar-refractivity contribution in [2.45, 2.75) is 13.8 Å². The molecule has 0 aromatic heterocycles. The summed E-state index contributed by atoms with van der Waals surface area (Å²) in [6.07, 6.45) is 4.94. The Kier molecular flexibility index (Phi) is 6.20. The van der Waals surface area contributed by atoms with Crippen LogP contribution in [0.3, 0.4) is 0 Å². The molecule has 2 aromatic rings. The van der Waals surface area contributed by atoms with E-state index in [2.05, 4.69) is 18.2 Å². The van der Waals surface area contributed by atoms with E-state index in [-0.39, 0.29) is 0 Å². The topological polar surface area (TPSA) is 17.1 Å². The van der Waals surface area contributed by atoms with Crippen LogP contribution in [0, 0.1) is 0 Å². The summed E-state index contributed by atoms with van der Waals surface area (Å²) in [7, 11) is 0. The number of rotatable bonds is 3. The third-order valence-electron chi connectivity index (χ3n) is 2.34. The smallest absolute Gasteiger partial charge is 0.150 e. The van der Waals surface area contributed by atoms with Crippen LogP contribution in [0.5, 0.6) is 0 Å². The monoisotopic (exact) mass is 238 g/mol. The lowest BCUT2D eigenvalue weighted by molar-refractivity contribution is 0.112. The van der Waals surface area contributed by atoms with Gasteiger partial charge in [-0.15, -0.1) is 0 Å². The maximum absolute atomic E-state index is 10.5. The Hall–Kier alpha value is -2.15. The van der Waals surface area contributed by atoms with Crippen LogP contribution >= 0.6 is 0 Å². The summed E-state index contributed by atoms with van der Waals surface area (Å²) in [5.74, 6) is 0. The van der Waals surface area contributed by atoms with Gasteiger partial charge < -0.3 is 0 Å². The van der Waals surface area contributed by atoms with Gasteiger partial charge >= 0.3 is 0 Å². The van der Waals surface area contributed by atoms with Gasteiger partial charge in [-0.1, -0.05) is 80.6 Å². The van der Waals surface area contributed by atoms with E-state index in [0.29, 0.717) is 5.56 Å². The lowest BCUT2D eigenvalue weighted by Gasteiger charge is -1.94. The van der Waals surface area contributed by atoms with Crippen LogP contribution in [0.4, 0.5) is 0 Å². The van der Waals surface area contributed by atoms with Gasteiger partial charge in [-0.25, -0.2) is 0 Å². The van der Waals surface area contributed by atoms with Crippen molar-refractivity contribution in [2.75, 3.05) is 0 Å². The molecule has 0 spiro atoms. The SMILES string of the molecule is CC.O=Cc1ccc(/C=C/c2ccccc2)cc1. The van der Waals surface area contributed by atoms with E-state index in [4.69, 9.17) is 0 Å². The molecule has 18 heavy (non-hydrogen) atoms. The molecule has 0 saturated carbocycles. The number of carbonyl (C=O) groups is 1. The summed E-state index contributed by atoms with van der Waals surface area (Å²) in [5, 5.41) is 0. The first-order chi connectivity index (χ1) is 8.88. The minimum Gasteiger partial charge on any atom is -0.298 e. The van der Waals surface area contributed by atoms with Crippen molar-refractivity contribution in [3.05, 3.63) is 71.3 Å². The van der Waals surface area contributed by atoms with Gasteiger partial charge in [-0.05, 0) is 11.1 Å². The van der Waals surface area contributed by atoms with Crippen molar-refractivity contribution >= 4 is 18.4 Å². The molecule has 0 aliphatic carbocycles. The average molecular weight is 238 g/mol. The maximum Gasteiger partial charge on any atom is 0.150 e. The van der Waals surface area contributed by atoms with E-state index in [9.17, 15) is 4.79 Å². The minimum atomic E-state index is 0.705. The predicted octanol–water partition coefficient (Wildman–Crippen LogP) is 4.70. The summed E-state index contributed by atoms with van der Waals surface area (Å²) < 4.78 is 0. The first-order valence-corrected chi connectivity index (χ1v) is 6.17. The average Bonchev–Trinajstić information content (AvgIpc) is 2.49. The largest absolute Gasteiger partial charge is 0.298 e. The van der Waals surface area contributed by atoms with Crippen LogP contribution in [-0.4, -0.2) is 6.29 Å². The minimum absolute atomic E-state index is 0.705. The Morgan fingerprint density at radius 2 is 1.11 bits per heavy atom. The number of carbonyl (C=O) groups excluding carboxylic acids is 1. The highest BCUT2D eigenvalue weighted by molar-refractivity contribution is 5.76. The zero-order valence-electron chi connectivity index (χ0n) is 10.8. The second-order valence-electron chi connectivity index (χ2n) is 3.53. The van der Waals surface area contributed by atoms with Gasteiger partial charge in [0, 0.05) is 5.56 Å². The molecule has 2 rings (SSSR count). The van der Waals surface area contributed by atoms with Crippen LogP contribution in [0.25, 0.3) is 12.2 Å². The molecule has 2 aromatic carbocycles. The van der Waals surface area contributed by atoms with Crippen molar-refractivity contribution in [2.24, 2.45) is 0 Å². The molecular formula is C17H18O. The van der Waals surface area contributed by atoms with Gasteiger partial charge in [0.05, 0.1) is 0 Å². The van der Waals surface area contributed by atoms with Crippen LogP contribution in [-0.2, 0) is 0 Å². The zero-order valence-corrected chi connectivity index (χ0v) is 10.8. The van der Waals surface area contributed by atoms with Gasteiger partial charge in [0.2, 0.25) is 0 Å². The van der Waals surface area contributed by atoms with E-state index in [0.717, 1.165) is 11.8 Å². The van der Waals surface area contributed by atoms with Gasteiger partial charge in [0.1, 0.15) is 6.29 Å². The van der Waals surface area contributed by atoms with Crippen molar-refractivity contribution in [1.82, 2.24) is 0 Å². The molecule has 0 atom stereocenters. The highest BCUT2D eigenvalue weighted by Crippen LogP contribution is 2.08. The molecule has 0 N–H and O–H groups in total. The number of benzene rings is 2. The molecule has 1 heteroatoms. The maximum atomic E-state index is 10.5. The fraction of sp³-hybridized carbons (Fsp3) is 0.118. The summed E-state index contributed by atoms with van der Waals surface area (Å²) in [5.41, 5.74) is 2.97. The molecular weight excluding hydrogens is 220 g/mol. The molecule has 0 aliphatic heterocycles. The summed E-state index contributed by atoms with van der Waals surface area (Å²) in [6.45, 7) is 4.00. The summed E-state index contributed by atoms with van der Waals surface area (Å²) in [4.78, 5) is 10.5. The van der Waals surface area contributed by atoms with E-state index >= 15 is 0 Å². The van der Waals surface area contributed by atoms with Gasteiger partial charge in [0.25, 0.3) is 0 Å². The lowest BCUT2D eigenvalue weighted by Crippen LogP contribution is -1.78. The number of hydrogen-bond acceptors (Lipinski definition) is 1. The van der Waals surface area contributed by atoms with Gasteiger partial charge in [-0.2, -0.15) is 0 Å². The molecule has 0 bridgehead atoms. The molecule has 0 amide bonds. The van der Waals surface area contributed by atoms with Crippen molar-refractivity contribution in [3.8, 4) is 0 Å². The summed E-state index contributed by atoms with van der Waals surface area (Å²) in [6, 6.07) is 17.6. The van der Waals surface area contributed by atoms with Crippen LogP contribution in [0.1, 0.15) is 35.3 Å². The quantitative estimate of drug-likeness (QED) is 0.559. The molecule has 0 fully saturated rings. The molecule has 0 aliphatic rings. The van der Waals surface area contributed by atoms with E-state index in [1.165, 1.54) is 5.56 Å². The van der Waals surface area contributed by atoms with Crippen molar-refractivity contribution in [1.29, 1.82) is 0 Å². The van der Waals surface area contributed by atoms with Crippen molar-refractivity contribution in [3.63, 3.8) is 0 Å². The third-order valence-corrected chi connectivity index (χ3v) is 2.34. The van der Waals surface area contributed by atoms with E-state index in [1.54, 1.807) is 0 Å². The third kappa shape index (κ3) is 4.38. The highest BCUT2D eigenvalue weighted by Gasteiger charge is 1.89. The van der Waals surface area contributed by atoms with Gasteiger partial charge in [0.15, 0.2) is 0 Å². The molecule has 0 saturated heterocycles. The lowest BCUT2D eigenvalue weighted by atomic mass is 10.1. The van der Waals surface area contributed by atoms with Crippen LogP contribution in [0.2, 0.25) is 0 Å². The Balaban J connectivity index is 0.000000771. The van der Waals surface area contributed by atoms with E-state index in [1.807, 2.05) is 62.4 Å². The fourth-order valence-corrected chi connectivity index (χ4v) is 1.44. The molecule has 0 heterocycles. The molecule has 0 radical (unpaired) electrons. The molecule has 92 valence electrons. The molecule has 0 unspecified atom stereocenters. The second kappa shape index (κ2) is 8.02. The first-order valence-electron chi connectivity index (χ1n) is 6.17. The van der Waals surface area contributed by atoms with E-state index < -0.39 is 0 Å². The zero-order chi connectivity index (χ0) is 13.2. The second-order valence-corrected chi connectivity index (χ2v) is 3.53. The Labute approximate surface area is 109 Å². The first kappa shape index (κ1) is 13.9. The standard InChI is InChI=1S/C15H12O.C2H6/c16-12-15-10-8-14(9-11-15)7-6-13-4-2-1-3-5-13;1-2/h1-12H;1-2H3/b7-6+;. The molecule has 1 nitrogen and oxygen atoms in total. The van der Waals surface area contributed by atoms with Crippen LogP contribution in [0.15, 0.2) is 54.6 Å². The Morgan fingerprint density at radius 3 is 1.61 bits per heavy atom. The number of hydrogen-bond donors (Lipinski definition) is 0. The van der Waals surface area contributed by atoms with Crippen LogP contribution < -0.4 is 0 Å². The Morgan fingerprint density at radius 1 is 0.667 bits per heavy atom. The summed E-state index contributed by atoms with van der Waals surface area (Å²) >= 11 is 0. The predicted molar refractivity (Wildman–Crippen MR) is 78.5 cm³/mol. The fourth-order valence-electron chi connectivity index (χ4n) is 1.44. The normalized spacial score (nSPS) is 9.67. The number of aldehydes is 1. The Bertz CT molecular complexity index is 481.